The highest BCUT2D eigenvalue weighted by Gasteiger charge is 2.28. The van der Waals surface area contributed by atoms with Gasteiger partial charge < -0.3 is 9.64 Å². The monoisotopic (exact) mass is 413 g/mol. The second-order valence-electron chi connectivity index (χ2n) is 7.95. The van der Waals surface area contributed by atoms with Crippen LogP contribution in [0.4, 0.5) is 0 Å². The fraction of sp³-hybridized carbons (Fsp3) is 0.560. The third-order valence-corrected chi connectivity index (χ3v) is 5.62. The number of carbonyl (C=O) groups is 3. The van der Waals surface area contributed by atoms with Crippen LogP contribution < -0.4 is 0 Å². The highest BCUT2D eigenvalue weighted by Crippen LogP contribution is 2.21. The minimum absolute atomic E-state index is 0.0424. The first-order valence-electron chi connectivity index (χ1n) is 11.2. The molecule has 0 aliphatic carbocycles. The lowest BCUT2D eigenvalue weighted by molar-refractivity contribution is -0.140. The number of nitrogens with zero attached hydrogens (tertiary/aromatic N) is 1. The normalized spacial score (nSPS) is 16.4. The summed E-state index contributed by atoms with van der Waals surface area (Å²) >= 11 is 0. The van der Waals surface area contributed by atoms with Crippen LogP contribution in [0.1, 0.15) is 69.8 Å². The summed E-state index contributed by atoms with van der Waals surface area (Å²) in [4.78, 5) is 37.4. The van der Waals surface area contributed by atoms with E-state index in [0.29, 0.717) is 19.3 Å². The molecular weight excluding hydrogens is 378 g/mol. The second kappa shape index (κ2) is 13.7. The van der Waals surface area contributed by atoms with E-state index in [-0.39, 0.29) is 23.7 Å². The number of benzene rings is 1. The standard InChI is InChI=1S/C25H35NO4/c1-30-25(29)15-7-2-3-10-20-26-22(17-19-24(26)28)16-18-23(27)14-9-8-13-21-11-5-4-6-12-21/h4-6,11-12,16,18,22H,2-3,7-10,13-15,17,19-20H2,1H3/b18-16+/t22-/m0/s1. The number of amides is 1. The number of carbonyl (C=O) groups excluding carboxylic acids is 3. The van der Waals surface area contributed by atoms with Crippen molar-refractivity contribution >= 4 is 17.7 Å². The van der Waals surface area contributed by atoms with Crippen LogP contribution in [0.3, 0.4) is 0 Å². The van der Waals surface area contributed by atoms with E-state index in [9.17, 15) is 14.4 Å². The van der Waals surface area contributed by atoms with Gasteiger partial charge in [0.25, 0.3) is 0 Å². The molecule has 0 radical (unpaired) electrons. The maximum absolute atomic E-state index is 12.2. The molecule has 0 unspecified atom stereocenters. The van der Waals surface area contributed by atoms with Crippen LogP contribution in [0.25, 0.3) is 0 Å². The summed E-state index contributed by atoms with van der Waals surface area (Å²) in [5, 5.41) is 0. The SMILES string of the molecule is COC(=O)CCCCCCN1C(=O)CC[C@@H]1/C=C/C(=O)CCCCc1ccccc1. The third kappa shape index (κ3) is 8.93. The minimum atomic E-state index is -0.167. The molecule has 5 nitrogen and oxygen atoms in total. The number of unbranched alkanes of at least 4 members (excludes halogenated alkanes) is 4. The fourth-order valence-corrected chi connectivity index (χ4v) is 3.83. The van der Waals surface area contributed by atoms with E-state index in [1.165, 1.54) is 12.7 Å². The maximum Gasteiger partial charge on any atom is 0.305 e. The molecule has 1 atom stereocenters. The molecule has 1 fully saturated rings. The Bertz CT molecular complexity index is 698. The molecule has 0 saturated carbocycles. The van der Waals surface area contributed by atoms with Gasteiger partial charge in [-0.3, -0.25) is 14.4 Å². The Morgan fingerprint density at radius 3 is 2.53 bits per heavy atom. The molecule has 1 aromatic rings. The first-order valence-corrected chi connectivity index (χ1v) is 11.2. The van der Waals surface area contributed by atoms with Crippen molar-refractivity contribution in [1.29, 1.82) is 0 Å². The van der Waals surface area contributed by atoms with Gasteiger partial charge in [0.2, 0.25) is 5.91 Å². The summed E-state index contributed by atoms with van der Waals surface area (Å²) in [5.41, 5.74) is 1.31. The number of methoxy groups -OCH3 is 1. The van der Waals surface area contributed by atoms with E-state index in [4.69, 9.17) is 0 Å². The van der Waals surface area contributed by atoms with Gasteiger partial charge in [-0.1, -0.05) is 49.2 Å². The Morgan fingerprint density at radius 1 is 1.03 bits per heavy atom. The van der Waals surface area contributed by atoms with Crippen molar-refractivity contribution in [1.82, 2.24) is 4.90 Å². The summed E-state index contributed by atoms with van der Waals surface area (Å²) in [6, 6.07) is 10.4. The predicted octanol–water partition coefficient (Wildman–Crippen LogP) is 4.64. The zero-order valence-corrected chi connectivity index (χ0v) is 18.2. The van der Waals surface area contributed by atoms with E-state index < -0.39 is 0 Å². The van der Waals surface area contributed by atoms with Gasteiger partial charge in [0.05, 0.1) is 13.2 Å². The number of allylic oxidation sites excluding steroid dienone is 1. The number of esters is 1. The zero-order valence-electron chi connectivity index (χ0n) is 18.2. The van der Waals surface area contributed by atoms with Gasteiger partial charge in [0.1, 0.15) is 0 Å². The minimum Gasteiger partial charge on any atom is -0.469 e. The Morgan fingerprint density at radius 2 is 1.77 bits per heavy atom. The molecule has 1 saturated heterocycles. The van der Waals surface area contributed by atoms with Crippen LogP contribution in [0.2, 0.25) is 0 Å². The number of ether oxygens (including phenoxy) is 1. The maximum atomic E-state index is 12.2. The smallest absolute Gasteiger partial charge is 0.305 e. The van der Waals surface area contributed by atoms with Crippen LogP contribution >= 0.6 is 0 Å². The molecule has 1 aliphatic heterocycles. The largest absolute Gasteiger partial charge is 0.469 e. The molecule has 30 heavy (non-hydrogen) atoms. The Hall–Kier alpha value is -2.43. The lowest BCUT2D eigenvalue weighted by Gasteiger charge is -2.22. The molecule has 2 rings (SSSR count). The van der Waals surface area contributed by atoms with Gasteiger partial charge in [-0.05, 0) is 50.2 Å². The van der Waals surface area contributed by atoms with Gasteiger partial charge in [-0.2, -0.15) is 0 Å². The van der Waals surface area contributed by atoms with E-state index in [0.717, 1.165) is 57.9 Å². The summed E-state index contributed by atoms with van der Waals surface area (Å²) in [5.74, 6) is 0.152. The summed E-state index contributed by atoms with van der Waals surface area (Å²) in [7, 11) is 1.41. The zero-order chi connectivity index (χ0) is 21.6. The number of likely N-dealkylation sites (tertiary alicyclic amines) is 1. The number of aryl methyl sites for hydroxylation is 1. The van der Waals surface area contributed by atoms with Crippen LogP contribution in [0, 0.1) is 0 Å². The molecule has 1 heterocycles. The highest BCUT2D eigenvalue weighted by atomic mass is 16.5. The quantitative estimate of drug-likeness (QED) is 0.253. The van der Waals surface area contributed by atoms with E-state index >= 15 is 0 Å². The lowest BCUT2D eigenvalue weighted by Crippen LogP contribution is -2.32. The van der Waals surface area contributed by atoms with Crippen molar-refractivity contribution in [3.05, 3.63) is 48.0 Å². The van der Waals surface area contributed by atoms with E-state index in [1.807, 2.05) is 29.2 Å². The van der Waals surface area contributed by atoms with Gasteiger partial charge in [0, 0.05) is 25.8 Å². The fourth-order valence-electron chi connectivity index (χ4n) is 3.83. The molecule has 1 aromatic carbocycles. The van der Waals surface area contributed by atoms with Gasteiger partial charge in [-0.25, -0.2) is 0 Å². The van der Waals surface area contributed by atoms with Crippen LogP contribution in [0.5, 0.6) is 0 Å². The van der Waals surface area contributed by atoms with Crippen molar-refractivity contribution in [2.45, 2.75) is 76.7 Å². The number of hydrogen-bond donors (Lipinski definition) is 0. The van der Waals surface area contributed by atoms with Gasteiger partial charge >= 0.3 is 5.97 Å². The first kappa shape index (κ1) is 23.8. The summed E-state index contributed by atoms with van der Waals surface area (Å²) in [6.07, 6.45) is 12.5. The Kier molecular flexibility index (Phi) is 10.9. The summed E-state index contributed by atoms with van der Waals surface area (Å²) < 4.78 is 4.64. The first-order chi connectivity index (χ1) is 14.6. The van der Waals surface area contributed by atoms with Gasteiger partial charge in [0.15, 0.2) is 5.78 Å². The Labute approximate surface area is 180 Å². The molecule has 0 aromatic heterocycles. The highest BCUT2D eigenvalue weighted by molar-refractivity contribution is 5.90. The van der Waals surface area contributed by atoms with Crippen molar-refractivity contribution in [3.8, 4) is 0 Å². The lowest BCUT2D eigenvalue weighted by atomic mass is 10.1. The molecule has 0 N–H and O–H groups in total. The average molecular weight is 414 g/mol. The van der Waals surface area contributed by atoms with Gasteiger partial charge in [-0.15, -0.1) is 0 Å². The van der Waals surface area contributed by atoms with Crippen LogP contribution in [-0.2, 0) is 25.5 Å². The van der Waals surface area contributed by atoms with Crippen molar-refractivity contribution in [2.24, 2.45) is 0 Å². The molecule has 5 heteroatoms. The molecule has 0 bridgehead atoms. The summed E-state index contributed by atoms with van der Waals surface area (Å²) in [6.45, 7) is 0.720. The Balaban J connectivity index is 1.63. The van der Waals surface area contributed by atoms with E-state index in [1.54, 1.807) is 6.08 Å². The topological polar surface area (TPSA) is 63.7 Å². The predicted molar refractivity (Wildman–Crippen MR) is 118 cm³/mol. The third-order valence-electron chi connectivity index (χ3n) is 5.62. The molecule has 1 aliphatic rings. The second-order valence-corrected chi connectivity index (χ2v) is 7.95. The van der Waals surface area contributed by atoms with Crippen molar-refractivity contribution < 1.29 is 19.1 Å². The number of ketones is 1. The molecule has 164 valence electrons. The van der Waals surface area contributed by atoms with E-state index in [2.05, 4.69) is 16.9 Å². The number of hydrogen-bond acceptors (Lipinski definition) is 4. The average Bonchev–Trinajstić information content (AvgIpc) is 3.12. The van der Waals surface area contributed by atoms with Crippen LogP contribution in [0.15, 0.2) is 42.5 Å². The molecule has 1 amide bonds. The van der Waals surface area contributed by atoms with Crippen molar-refractivity contribution in [3.63, 3.8) is 0 Å². The van der Waals surface area contributed by atoms with Crippen molar-refractivity contribution in [2.75, 3.05) is 13.7 Å². The molecule has 0 spiro atoms. The molecular formula is C25H35NO4. The number of rotatable bonds is 14. The van der Waals surface area contributed by atoms with Crippen LogP contribution in [-0.4, -0.2) is 42.3 Å².